The molecule has 4 heteroatoms. The van der Waals surface area contributed by atoms with Gasteiger partial charge in [-0.05, 0) is 0 Å². The number of carbonyl (C=O) groups excluding carboxylic acids is 2. The summed E-state index contributed by atoms with van der Waals surface area (Å²) in [5.74, 6) is -0.648. The first-order valence-electron chi connectivity index (χ1n) is 8.88. The number of carbonyl (C=O) groups is 2. The molecule has 0 radical (unpaired) electrons. The Morgan fingerprint density at radius 3 is 1.18 bits per heavy atom. The van der Waals surface area contributed by atoms with E-state index in [0.717, 1.165) is 0 Å². The molecule has 0 unspecified atom stereocenters. The van der Waals surface area contributed by atoms with Gasteiger partial charge >= 0.3 is 0 Å². The van der Waals surface area contributed by atoms with Gasteiger partial charge < -0.3 is 11.5 Å². The Balaban J connectivity index is 2.06. The Bertz CT molecular complexity index is 1100. The molecule has 28 heavy (non-hydrogen) atoms. The van der Waals surface area contributed by atoms with Gasteiger partial charge in [0.1, 0.15) is 0 Å². The molecule has 136 valence electrons. The Morgan fingerprint density at radius 1 is 0.500 bits per heavy atom. The molecular formula is C24H18N2O2. The van der Waals surface area contributed by atoms with Crippen molar-refractivity contribution in [2.75, 3.05) is 11.5 Å². The SMILES string of the molecule is Nc1c(C(=O)c2ccccc2)c(C(=O)c2ccccc2)c(N)c2ccccc12. The highest BCUT2D eigenvalue weighted by Gasteiger charge is 2.27. The molecule has 4 aromatic rings. The zero-order valence-corrected chi connectivity index (χ0v) is 15.1. The van der Waals surface area contributed by atoms with E-state index < -0.39 is 0 Å². The van der Waals surface area contributed by atoms with E-state index in [9.17, 15) is 9.59 Å². The van der Waals surface area contributed by atoms with E-state index in [1.54, 1.807) is 60.7 Å². The average molecular weight is 366 g/mol. The summed E-state index contributed by atoms with van der Waals surface area (Å²) in [6.45, 7) is 0. The Labute approximate surface area is 162 Å². The number of benzene rings is 4. The highest BCUT2D eigenvalue weighted by Crippen LogP contribution is 2.37. The van der Waals surface area contributed by atoms with E-state index in [-0.39, 0.29) is 34.1 Å². The van der Waals surface area contributed by atoms with Crippen molar-refractivity contribution in [1.82, 2.24) is 0 Å². The smallest absolute Gasteiger partial charge is 0.195 e. The van der Waals surface area contributed by atoms with Gasteiger partial charge in [0.2, 0.25) is 0 Å². The minimum atomic E-state index is -0.324. The Kier molecular flexibility index (Phi) is 4.38. The molecule has 4 N–H and O–H groups in total. The van der Waals surface area contributed by atoms with Gasteiger partial charge in [0, 0.05) is 21.9 Å². The van der Waals surface area contributed by atoms with Gasteiger partial charge in [-0.25, -0.2) is 0 Å². The predicted molar refractivity (Wildman–Crippen MR) is 113 cm³/mol. The van der Waals surface area contributed by atoms with Crippen LogP contribution in [0.1, 0.15) is 31.8 Å². The quantitative estimate of drug-likeness (QED) is 0.412. The van der Waals surface area contributed by atoms with Crippen molar-refractivity contribution in [2.45, 2.75) is 0 Å². The third-order valence-corrected chi connectivity index (χ3v) is 4.82. The molecule has 0 atom stereocenters. The fraction of sp³-hybridized carbons (Fsp3) is 0. The Morgan fingerprint density at radius 2 is 0.821 bits per heavy atom. The number of rotatable bonds is 4. The largest absolute Gasteiger partial charge is 0.398 e. The molecule has 0 aromatic heterocycles. The third-order valence-electron chi connectivity index (χ3n) is 4.82. The van der Waals surface area contributed by atoms with Crippen LogP contribution < -0.4 is 11.5 Å². The van der Waals surface area contributed by atoms with Crippen molar-refractivity contribution in [1.29, 1.82) is 0 Å². The van der Waals surface area contributed by atoms with Crippen molar-refractivity contribution in [2.24, 2.45) is 0 Å². The van der Waals surface area contributed by atoms with Crippen LogP contribution in [0.25, 0.3) is 10.8 Å². The molecular weight excluding hydrogens is 348 g/mol. The normalized spacial score (nSPS) is 10.7. The molecule has 0 spiro atoms. The summed E-state index contributed by atoms with van der Waals surface area (Å²) in [6.07, 6.45) is 0. The monoisotopic (exact) mass is 366 g/mol. The number of hydrogen-bond acceptors (Lipinski definition) is 4. The van der Waals surface area contributed by atoms with Crippen molar-refractivity contribution >= 4 is 33.7 Å². The number of fused-ring (bicyclic) bond motifs is 1. The molecule has 4 nitrogen and oxygen atoms in total. The highest BCUT2D eigenvalue weighted by molar-refractivity contribution is 6.28. The molecule has 4 rings (SSSR count). The number of nitrogen functional groups attached to an aromatic ring is 2. The van der Waals surface area contributed by atoms with Gasteiger partial charge in [-0.1, -0.05) is 84.9 Å². The summed E-state index contributed by atoms with van der Waals surface area (Å²) in [4.78, 5) is 26.7. The minimum absolute atomic E-state index is 0.149. The number of nitrogens with two attached hydrogens (primary N) is 2. The molecule has 0 fully saturated rings. The van der Waals surface area contributed by atoms with Crippen LogP contribution in [0.15, 0.2) is 84.9 Å². The zero-order valence-electron chi connectivity index (χ0n) is 15.1. The van der Waals surface area contributed by atoms with E-state index in [0.29, 0.717) is 21.9 Å². The van der Waals surface area contributed by atoms with Crippen LogP contribution in [0.2, 0.25) is 0 Å². The van der Waals surface area contributed by atoms with E-state index in [1.807, 2.05) is 24.3 Å². The standard InChI is InChI=1S/C24H18N2O2/c25-21-17-13-7-8-14-18(17)22(26)20(24(28)16-11-5-2-6-12-16)19(21)23(27)15-9-3-1-4-10-15/h1-14H,25-26H2. The summed E-state index contributed by atoms with van der Waals surface area (Å²) >= 11 is 0. The molecule has 0 aliphatic heterocycles. The number of ketones is 2. The number of hydrogen-bond donors (Lipinski definition) is 2. The maximum atomic E-state index is 13.3. The van der Waals surface area contributed by atoms with Gasteiger partial charge in [0.05, 0.1) is 22.5 Å². The average Bonchev–Trinajstić information content (AvgIpc) is 2.76. The van der Waals surface area contributed by atoms with Crippen molar-refractivity contribution < 1.29 is 9.59 Å². The van der Waals surface area contributed by atoms with Crippen LogP contribution in [-0.4, -0.2) is 11.6 Å². The molecule has 0 aliphatic carbocycles. The molecule has 0 amide bonds. The molecule has 0 saturated heterocycles. The topological polar surface area (TPSA) is 86.2 Å². The summed E-state index contributed by atoms with van der Waals surface area (Å²) in [5.41, 5.74) is 14.6. The van der Waals surface area contributed by atoms with E-state index >= 15 is 0 Å². The molecule has 0 saturated carbocycles. The van der Waals surface area contributed by atoms with Gasteiger partial charge in [-0.15, -0.1) is 0 Å². The van der Waals surface area contributed by atoms with Crippen LogP contribution in [0.5, 0.6) is 0 Å². The number of anilines is 2. The van der Waals surface area contributed by atoms with Gasteiger partial charge in [-0.2, -0.15) is 0 Å². The zero-order chi connectivity index (χ0) is 19.7. The fourth-order valence-corrected chi connectivity index (χ4v) is 3.43. The molecule has 0 aliphatic rings. The predicted octanol–water partition coefficient (Wildman–Crippen LogP) is 4.47. The lowest BCUT2D eigenvalue weighted by atomic mass is 9.87. The van der Waals surface area contributed by atoms with E-state index in [2.05, 4.69) is 0 Å². The second-order valence-electron chi connectivity index (χ2n) is 6.51. The van der Waals surface area contributed by atoms with Gasteiger partial charge in [0.25, 0.3) is 0 Å². The Hall–Kier alpha value is -3.92. The highest BCUT2D eigenvalue weighted by atomic mass is 16.1. The molecule has 4 aromatic carbocycles. The maximum Gasteiger partial charge on any atom is 0.195 e. The lowest BCUT2D eigenvalue weighted by molar-refractivity contribution is 0.100. The molecule has 0 heterocycles. The maximum absolute atomic E-state index is 13.3. The fourth-order valence-electron chi connectivity index (χ4n) is 3.43. The lowest BCUT2D eigenvalue weighted by Gasteiger charge is -2.17. The second kappa shape index (κ2) is 7.00. The van der Waals surface area contributed by atoms with Crippen LogP contribution in [0.3, 0.4) is 0 Å². The third kappa shape index (κ3) is 2.81. The summed E-state index contributed by atoms with van der Waals surface area (Å²) in [7, 11) is 0. The summed E-state index contributed by atoms with van der Waals surface area (Å²) < 4.78 is 0. The van der Waals surface area contributed by atoms with Gasteiger partial charge in [-0.3, -0.25) is 9.59 Å². The van der Waals surface area contributed by atoms with Crippen LogP contribution in [0, 0.1) is 0 Å². The van der Waals surface area contributed by atoms with Crippen molar-refractivity contribution in [3.05, 3.63) is 107 Å². The first-order valence-corrected chi connectivity index (χ1v) is 8.88. The second-order valence-corrected chi connectivity index (χ2v) is 6.51. The lowest BCUT2D eigenvalue weighted by Crippen LogP contribution is -2.17. The van der Waals surface area contributed by atoms with Crippen LogP contribution in [-0.2, 0) is 0 Å². The summed E-state index contributed by atoms with van der Waals surface area (Å²) in [5, 5.41) is 1.31. The van der Waals surface area contributed by atoms with Crippen LogP contribution in [0.4, 0.5) is 11.4 Å². The van der Waals surface area contributed by atoms with Crippen LogP contribution >= 0.6 is 0 Å². The van der Waals surface area contributed by atoms with E-state index in [4.69, 9.17) is 11.5 Å². The first-order chi connectivity index (χ1) is 13.6. The van der Waals surface area contributed by atoms with E-state index in [1.165, 1.54) is 0 Å². The van der Waals surface area contributed by atoms with Gasteiger partial charge in [0.15, 0.2) is 11.6 Å². The first kappa shape index (κ1) is 17.5. The minimum Gasteiger partial charge on any atom is -0.398 e. The van der Waals surface area contributed by atoms with Crippen molar-refractivity contribution in [3.63, 3.8) is 0 Å². The molecule has 0 bridgehead atoms. The summed E-state index contributed by atoms with van der Waals surface area (Å²) in [6, 6.07) is 24.8. The van der Waals surface area contributed by atoms with Crippen molar-refractivity contribution in [3.8, 4) is 0 Å².